The van der Waals surface area contributed by atoms with Gasteiger partial charge in [-0.25, -0.2) is 0 Å². The zero-order chi connectivity index (χ0) is 12.5. The maximum absolute atomic E-state index is 12.2. The normalized spacial score (nSPS) is 30.7. The maximum atomic E-state index is 12.2. The van der Waals surface area contributed by atoms with Crippen LogP contribution in [-0.2, 0) is 11.4 Å². The van der Waals surface area contributed by atoms with Gasteiger partial charge in [-0.1, -0.05) is 12.8 Å². The van der Waals surface area contributed by atoms with E-state index in [4.69, 9.17) is 0 Å². The van der Waals surface area contributed by atoms with Crippen molar-refractivity contribution in [3.05, 3.63) is 0 Å². The van der Waals surface area contributed by atoms with Crippen LogP contribution >= 0.6 is 0 Å². The molecule has 0 amide bonds. The van der Waals surface area contributed by atoms with Crippen molar-refractivity contribution in [2.45, 2.75) is 63.7 Å². The quantitative estimate of drug-likeness (QED) is 0.744. The van der Waals surface area contributed by atoms with Gasteiger partial charge in [0.2, 0.25) is 0 Å². The Hall–Kier alpha value is 0.230. The van der Waals surface area contributed by atoms with E-state index in [1.54, 1.807) is 0 Å². The van der Waals surface area contributed by atoms with Crippen LogP contribution in [0.4, 0.5) is 0 Å². The highest BCUT2D eigenvalue weighted by Gasteiger charge is 2.45. The number of nitrogens with one attached hydrogen (secondary N) is 2. The van der Waals surface area contributed by atoms with Gasteiger partial charge >= 0.3 is 0 Å². The summed E-state index contributed by atoms with van der Waals surface area (Å²) in [6, 6.07) is 0.388. The lowest BCUT2D eigenvalue weighted by atomic mass is 9.74. The van der Waals surface area contributed by atoms with Gasteiger partial charge < -0.3 is 9.87 Å². The topological polar surface area (TPSA) is 47.1 Å². The fourth-order valence-corrected chi connectivity index (χ4v) is 4.07. The third-order valence-corrected chi connectivity index (χ3v) is 5.90. The smallest absolute Gasteiger partial charge is 0.136 e. The minimum Gasteiger partial charge on any atom is -0.598 e. The first-order chi connectivity index (χ1) is 7.94. The van der Waals surface area contributed by atoms with Gasteiger partial charge in [-0.05, 0) is 52.0 Å². The molecule has 2 fully saturated rings. The average molecular weight is 258 g/mol. The summed E-state index contributed by atoms with van der Waals surface area (Å²) >= 11 is -0.947. The molecule has 0 aromatic carbocycles. The lowest BCUT2D eigenvalue weighted by Crippen LogP contribution is -2.58. The Kier molecular flexibility index (Phi) is 4.08. The van der Waals surface area contributed by atoms with Crippen molar-refractivity contribution in [2.75, 3.05) is 13.1 Å². The van der Waals surface area contributed by atoms with Gasteiger partial charge in [0.15, 0.2) is 0 Å². The Bertz CT molecular complexity index is 259. The first-order valence-corrected chi connectivity index (χ1v) is 7.98. The van der Waals surface area contributed by atoms with E-state index in [-0.39, 0.29) is 4.75 Å². The molecule has 0 aromatic rings. The highest BCUT2D eigenvalue weighted by Crippen LogP contribution is 2.45. The minimum atomic E-state index is -0.947. The third-order valence-electron chi connectivity index (χ3n) is 4.29. The summed E-state index contributed by atoms with van der Waals surface area (Å²) in [4.78, 5) is 0. The van der Waals surface area contributed by atoms with Gasteiger partial charge in [0, 0.05) is 17.9 Å². The van der Waals surface area contributed by atoms with Gasteiger partial charge in [-0.3, -0.25) is 0 Å². The molecule has 1 saturated heterocycles. The summed E-state index contributed by atoms with van der Waals surface area (Å²) in [7, 11) is 0. The zero-order valence-corrected chi connectivity index (χ0v) is 12.2. The van der Waals surface area contributed by atoms with E-state index < -0.39 is 11.4 Å². The molecule has 1 spiro atoms. The van der Waals surface area contributed by atoms with Gasteiger partial charge in [0.05, 0.1) is 6.04 Å². The molecule has 100 valence electrons. The van der Waals surface area contributed by atoms with Crippen molar-refractivity contribution in [2.24, 2.45) is 5.41 Å². The van der Waals surface area contributed by atoms with Crippen LogP contribution in [0, 0.1) is 5.41 Å². The van der Waals surface area contributed by atoms with Crippen molar-refractivity contribution in [3.8, 4) is 0 Å². The number of piperidine rings is 1. The fourth-order valence-electron chi connectivity index (χ4n) is 3.12. The summed E-state index contributed by atoms with van der Waals surface area (Å²) in [6.45, 7) is 8.21. The second kappa shape index (κ2) is 5.08. The Morgan fingerprint density at radius 3 is 2.47 bits per heavy atom. The molecular formula is C13H26N2OS. The van der Waals surface area contributed by atoms with Crippen LogP contribution < -0.4 is 10.0 Å². The number of rotatable bonds is 2. The first-order valence-electron chi connectivity index (χ1n) is 6.83. The highest BCUT2D eigenvalue weighted by atomic mass is 32.2. The van der Waals surface area contributed by atoms with E-state index in [2.05, 4.69) is 10.0 Å². The SMILES string of the molecule is CC(C)(C)[S@@+]([O-])NC1CNCCC12CCCC2. The molecule has 2 aliphatic rings. The van der Waals surface area contributed by atoms with E-state index in [0.717, 1.165) is 13.1 Å². The Morgan fingerprint density at radius 2 is 1.88 bits per heavy atom. The largest absolute Gasteiger partial charge is 0.598 e. The van der Waals surface area contributed by atoms with Crippen molar-refractivity contribution in [1.29, 1.82) is 0 Å². The molecule has 2 N–H and O–H groups in total. The van der Waals surface area contributed by atoms with E-state index in [1.807, 2.05) is 20.8 Å². The standard InChI is InChI=1S/C13H26N2OS/c1-12(2,3)17(16)15-11-10-14-9-8-13(11)6-4-5-7-13/h11,14-15H,4-10H2,1-3H3/t11?,17-/m1/s1. The lowest BCUT2D eigenvalue weighted by molar-refractivity contribution is 0.160. The van der Waals surface area contributed by atoms with E-state index in [1.165, 1.54) is 32.1 Å². The number of hydrogen-bond donors (Lipinski definition) is 2. The average Bonchev–Trinajstić information content (AvgIpc) is 2.70. The summed E-state index contributed by atoms with van der Waals surface area (Å²) in [5.74, 6) is 0. The van der Waals surface area contributed by atoms with E-state index in [0.29, 0.717) is 11.5 Å². The van der Waals surface area contributed by atoms with Crippen LogP contribution in [-0.4, -0.2) is 28.4 Å². The van der Waals surface area contributed by atoms with Crippen molar-refractivity contribution in [1.82, 2.24) is 10.0 Å². The van der Waals surface area contributed by atoms with Crippen LogP contribution in [0.5, 0.6) is 0 Å². The predicted molar refractivity (Wildman–Crippen MR) is 73.2 cm³/mol. The molecule has 17 heavy (non-hydrogen) atoms. The van der Waals surface area contributed by atoms with Crippen LogP contribution in [0.25, 0.3) is 0 Å². The molecule has 3 nitrogen and oxygen atoms in total. The van der Waals surface area contributed by atoms with Crippen LogP contribution in [0.1, 0.15) is 52.9 Å². The Morgan fingerprint density at radius 1 is 1.24 bits per heavy atom. The maximum Gasteiger partial charge on any atom is 0.136 e. The molecule has 1 aliphatic heterocycles. The summed E-state index contributed by atoms with van der Waals surface area (Å²) in [6.07, 6.45) is 6.56. The lowest BCUT2D eigenvalue weighted by Gasteiger charge is -2.42. The fraction of sp³-hybridized carbons (Fsp3) is 1.00. The van der Waals surface area contributed by atoms with Crippen molar-refractivity contribution >= 4 is 11.4 Å². The molecule has 1 saturated carbocycles. The summed E-state index contributed by atoms with van der Waals surface area (Å²) < 4.78 is 15.5. The molecule has 0 aromatic heterocycles. The van der Waals surface area contributed by atoms with Crippen LogP contribution in [0.3, 0.4) is 0 Å². The second-order valence-corrected chi connectivity index (χ2v) is 8.57. The first kappa shape index (κ1) is 13.7. The van der Waals surface area contributed by atoms with Crippen LogP contribution in [0.15, 0.2) is 0 Å². The molecule has 1 unspecified atom stereocenters. The van der Waals surface area contributed by atoms with Gasteiger partial charge in [-0.15, -0.1) is 4.72 Å². The number of hydrogen-bond acceptors (Lipinski definition) is 3. The zero-order valence-electron chi connectivity index (χ0n) is 11.3. The van der Waals surface area contributed by atoms with Crippen molar-refractivity contribution < 1.29 is 4.55 Å². The van der Waals surface area contributed by atoms with Gasteiger partial charge in [0.1, 0.15) is 4.75 Å². The second-order valence-electron chi connectivity index (χ2n) is 6.58. The summed E-state index contributed by atoms with van der Waals surface area (Å²) in [5, 5.41) is 3.45. The highest BCUT2D eigenvalue weighted by molar-refractivity contribution is 7.90. The minimum absolute atomic E-state index is 0.169. The molecule has 1 aliphatic carbocycles. The Labute approximate surface area is 108 Å². The van der Waals surface area contributed by atoms with Gasteiger partial charge in [0.25, 0.3) is 0 Å². The van der Waals surface area contributed by atoms with Gasteiger partial charge in [-0.2, -0.15) is 0 Å². The van der Waals surface area contributed by atoms with E-state index in [9.17, 15) is 4.55 Å². The monoisotopic (exact) mass is 258 g/mol. The third kappa shape index (κ3) is 2.98. The molecule has 0 bridgehead atoms. The summed E-state index contributed by atoms with van der Waals surface area (Å²) in [5.41, 5.74) is 0.423. The molecule has 2 atom stereocenters. The Balaban J connectivity index is 2.02. The molecule has 2 rings (SSSR count). The molecular weight excluding hydrogens is 232 g/mol. The van der Waals surface area contributed by atoms with E-state index >= 15 is 0 Å². The van der Waals surface area contributed by atoms with Crippen LogP contribution in [0.2, 0.25) is 0 Å². The molecule has 1 heterocycles. The molecule has 4 heteroatoms. The predicted octanol–water partition coefficient (Wildman–Crippen LogP) is 1.96. The molecule has 0 radical (unpaired) electrons. The van der Waals surface area contributed by atoms with Crippen molar-refractivity contribution in [3.63, 3.8) is 0 Å².